The zero-order chi connectivity index (χ0) is 37.8. The molecule has 15 heteroatoms. The molecule has 1 aliphatic carbocycles. The molecule has 1 saturated heterocycles. The fourth-order valence-electron chi connectivity index (χ4n) is 6.64. The monoisotopic (exact) mass is 737 g/mol. The molecule has 0 radical (unpaired) electrons. The maximum absolute atomic E-state index is 14.3. The van der Waals surface area contributed by atoms with Gasteiger partial charge in [-0.05, 0) is 36.8 Å². The zero-order valence-corrected chi connectivity index (χ0v) is 31.1. The van der Waals surface area contributed by atoms with Crippen LogP contribution in [-0.2, 0) is 29.1 Å². The van der Waals surface area contributed by atoms with Crippen molar-refractivity contribution in [1.29, 1.82) is 0 Å². The molecule has 1 aromatic heterocycles. The van der Waals surface area contributed by atoms with Crippen LogP contribution in [-0.4, -0.2) is 92.4 Å². The van der Waals surface area contributed by atoms with Crippen molar-refractivity contribution >= 4 is 44.7 Å². The number of carbonyl (C=O) groups excluding carboxylic acids is 4. The van der Waals surface area contributed by atoms with E-state index < -0.39 is 57.6 Å². The van der Waals surface area contributed by atoms with Crippen molar-refractivity contribution in [2.75, 3.05) is 26.5 Å². The highest BCUT2D eigenvalue weighted by molar-refractivity contribution is 7.89. The molecule has 1 saturated carbocycles. The lowest BCUT2D eigenvalue weighted by atomic mass is 10.0. The summed E-state index contributed by atoms with van der Waals surface area (Å²) in [5, 5.41) is 6.16. The highest BCUT2D eigenvalue weighted by Gasteiger charge is 2.61. The molecule has 5 atom stereocenters. The Morgan fingerprint density at radius 1 is 1.06 bits per heavy atom. The number of benzene rings is 2. The number of alkyl carbamates (subject to hydrolysis) is 1. The number of ether oxygens (including phenoxy) is 3. The second-order valence-electron chi connectivity index (χ2n) is 13.7. The molecular weight excluding hydrogens is 691 g/mol. The molecule has 280 valence electrons. The van der Waals surface area contributed by atoms with E-state index in [0.29, 0.717) is 40.9 Å². The summed E-state index contributed by atoms with van der Waals surface area (Å²) in [7, 11) is -2.34. The number of nitrogens with one attached hydrogen (secondary N) is 3. The quantitative estimate of drug-likeness (QED) is 0.220. The van der Waals surface area contributed by atoms with Gasteiger partial charge in [0.25, 0.3) is 5.91 Å². The van der Waals surface area contributed by atoms with Crippen molar-refractivity contribution < 1.29 is 41.8 Å². The van der Waals surface area contributed by atoms with Gasteiger partial charge in [-0.3, -0.25) is 19.1 Å². The normalized spacial score (nSPS) is 21.7. The second-order valence-corrected chi connectivity index (χ2v) is 15.5. The topological polar surface area (TPSA) is 182 Å². The summed E-state index contributed by atoms with van der Waals surface area (Å²) >= 11 is 0. The average molecular weight is 738 g/mol. The van der Waals surface area contributed by atoms with Crippen molar-refractivity contribution in [2.45, 2.75) is 77.1 Å². The number of hydrogen-bond donors (Lipinski definition) is 3. The predicted molar refractivity (Wildman–Crippen MR) is 194 cm³/mol. The summed E-state index contributed by atoms with van der Waals surface area (Å²) in [6, 6.07) is 14.6. The third kappa shape index (κ3) is 8.57. The van der Waals surface area contributed by atoms with Gasteiger partial charge >= 0.3 is 6.09 Å². The Balaban J connectivity index is 1.49. The summed E-state index contributed by atoms with van der Waals surface area (Å²) in [6.45, 7) is 7.38. The van der Waals surface area contributed by atoms with Crippen LogP contribution >= 0.6 is 0 Å². The Labute approximate surface area is 304 Å². The molecule has 5 rings (SSSR count). The van der Waals surface area contributed by atoms with Crippen LogP contribution in [0.2, 0.25) is 0 Å². The number of carbonyl (C=O) groups is 4. The Bertz CT molecular complexity index is 1920. The summed E-state index contributed by atoms with van der Waals surface area (Å²) in [5.41, 5.74) is 0.659. The van der Waals surface area contributed by atoms with Gasteiger partial charge < -0.3 is 29.7 Å². The minimum atomic E-state index is -3.91. The lowest BCUT2D eigenvalue weighted by Crippen LogP contribution is -2.58. The first-order chi connectivity index (χ1) is 24.7. The Morgan fingerprint density at radius 3 is 2.40 bits per heavy atom. The van der Waals surface area contributed by atoms with Crippen LogP contribution in [0, 0.1) is 11.8 Å². The van der Waals surface area contributed by atoms with E-state index in [-0.39, 0.29) is 37.8 Å². The first-order valence-electron chi connectivity index (χ1n) is 17.5. The van der Waals surface area contributed by atoms with Crippen LogP contribution < -0.4 is 24.8 Å². The number of hydrogen-bond acceptors (Lipinski definition) is 10. The number of rotatable bonds is 14. The van der Waals surface area contributed by atoms with Crippen molar-refractivity contribution in [3.63, 3.8) is 0 Å². The van der Waals surface area contributed by atoms with E-state index in [9.17, 15) is 27.6 Å². The molecule has 2 aromatic carbocycles. The molecule has 3 aromatic rings. The minimum Gasteiger partial charge on any atom is -0.497 e. The van der Waals surface area contributed by atoms with Crippen LogP contribution in [0.25, 0.3) is 22.2 Å². The van der Waals surface area contributed by atoms with E-state index >= 15 is 0 Å². The van der Waals surface area contributed by atoms with Crippen LogP contribution in [0.4, 0.5) is 4.79 Å². The number of amides is 4. The van der Waals surface area contributed by atoms with Crippen LogP contribution in [0.5, 0.6) is 11.5 Å². The number of sulfonamides is 1. The molecular formula is C37H47N5O9S. The summed E-state index contributed by atoms with van der Waals surface area (Å²) in [4.78, 5) is 60.5. The molecule has 4 amide bonds. The fraction of sp³-hybridized carbons (Fsp3) is 0.486. The minimum absolute atomic E-state index is 0.0216. The van der Waals surface area contributed by atoms with Crippen molar-refractivity contribution in [3.8, 4) is 22.8 Å². The van der Waals surface area contributed by atoms with E-state index in [1.807, 2.05) is 61.0 Å². The first-order valence-corrected chi connectivity index (χ1v) is 19.4. The molecule has 2 aliphatic rings. The van der Waals surface area contributed by atoms with E-state index in [2.05, 4.69) is 10.6 Å². The summed E-state index contributed by atoms with van der Waals surface area (Å²) in [5.74, 6) is -1.58. The number of fused-ring (bicyclic) bond motifs is 1. The highest BCUT2D eigenvalue weighted by Crippen LogP contribution is 2.46. The Morgan fingerprint density at radius 2 is 1.79 bits per heavy atom. The van der Waals surface area contributed by atoms with Gasteiger partial charge in [0.1, 0.15) is 35.2 Å². The maximum atomic E-state index is 14.3. The van der Waals surface area contributed by atoms with Crippen LogP contribution in [0.3, 0.4) is 0 Å². The molecule has 2 fully saturated rings. The number of nitrogens with zero attached hydrogens (tertiary/aromatic N) is 2. The first kappa shape index (κ1) is 38.3. The number of aromatic nitrogens is 1. The second kappa shape index (κ2) is 15.8. The zero-order valence-electron chi connectivity index (χ0n) is 30.3. The van der Waals surface area contributed by atoms with Gasteiger partial charge in [0.05, 0.1) is 37.7 Å². The Kier molecular flexibility index (Phi) is 11.6. The Hall–Kier alpha value is -4.92. The lowest BCUT2D eigenvalue weighted by Gasteiger charge is -2.31. The van der Waals surface area contributed by atoms with Gasteiger partial charge in [-0.25, -0.2) is 18.2 Å². The van der Waals surface area contributed by atoms with E-state index in [0.717, 1.165) is 11.8 Å². The SMILES string of the molecule is CCCOC(=O)NC(C(=O)N1CC(Oc2cc(-c3ccccc3)nc3cc(OC)ccc23)CC1C(=O)NC1(C(=O)NS(C)(=O)=O)CC1CC)C(C)C. The molecule has 2 heterocycles. The molecule has 52 heavy (non-hydrogen) atoms. The molecule has 0 spiro atoms. The van der Waals surface area contributed by atoms with E-state index in [1.54, 1.807) is 33.1 Å². The smallest absolute Gasteiger partial charge is 0.407 e. The third-order valence-corrected chi connectivity index (χ3v) is 10.0. The van der Waals surface area contributed by atoms with Gasteiger partial charge in [0.2, 0.25) is 21.8 Å². The molecule has 14 nitrogen and oxygen atoms in total. The predicted octanol–water partition coefficient (Wildman–Crippen LogP) is 3.78. The van der Waals surface area contributed by atoms with Gasteiger partial charge in [0.15, 0.2) is 0 Å². The third-order valence-electron chi connectivity index (χ3n) is 9.46. The van der Waals surface area contributed by atoms with Crippen LogP contribution in [0.1, 0.15) is 53.4 Å². The summed E-state index contributed by atoms with van der Waals surface area (Å²) < 4.78 is 43.2. The van der Waals surface area contributed by atoms with Crippen LogP contribution in [0.15, 0.2) is 54.6 Å². The van der Waals surface area contributed by atoms with Gasteiger partial charge in [-0.15, -0.1) is 0 Å². The number of methoxy groups -OCH3 is 1. The number of pyridine rings is 1. The maximum Gasteiger partial charge on any atom is 0.407 e. The largest absolute Gasteiger partial charge is 0.497 e. The standard InChI is InChI=1S/C37H47N5O9S/c1-7-16-50-36(46)39-32(22(3)4)34(44)42-21-26(18-30(42)33(43)40-37(20-24(37)8-2)35(45)41-52(6,47)48)51-31-19-28(23-12-10-9-11-13-23)38-29-17-25(49-5)14-15-27(29)31/h9-15,17,19,22,24,26,30,32H,7-8,16,18,20-21H2,1-6H3,(H,39,46)(H,40,43)(H,41,45). The number of likely N-dealkylation sites (tertiary alicyclic amines) is 1. The van der Waals surface area contributed by atoms with E-state index in [1.165, 1.54) is 4.90 Å². The fourth-order valence-corrected chi connectivity index (χ4v) is 7.16. The van der Waals surface area contributed by atoms with Gasteiger partial charge in [0, 0.05) is 29.5 Å². The van der Waals surface area contributed by atoms with Crippen molar-refractivity contribution in [2.24, 2.45) is 11.8 Å². The molecule has 5 unspecified atom stereocenters. The average Bonchev–Trinajstić information content (AvgIpc) is 3.67. The molecule has 0 bridgehead atoms. The summed E-state index contributed by atoms with van der Waals surface area (Å²) in [6.07, 6.45) is 0.813. The lowest BCUT2D eigenvalue weighted by molar-refractivity contribution is -0.141. The van der Waals surface area contributed by atoms with Gasteiger partial charge in [-0.2, -0.15) is 0 Å². The van der Waals surface area contributed by atoms with Crippen molar-refractivity contribution in [3.05, 3.63) is 54.6 Å². The molecule has 1 aliphatic heterocycles. The van der Waals surface area contributed by atoms with Gasteiger partial charge in [-0.1, -0.05) is 64.4 Å². The highest BCUT2D eigenvalue weighted by atomic mass is 32.2. The van der Waals surface area contributed by atoms with E-state index in [4.69, 9.17) is 19.2 Å². The molecule has 3 N–H and O–H groups in total. The van der Waals surface area contributed by atoms with Crippen molar-refractivity contribution in [1.82, 2.24) is 25.2 Å².